The molecule has 0 saturated heterocycles. The van der Waals surface area contributed by atoms with Crippen molar-refractivity contribution in [3.05, 3.63) is 68.4 Å². The van der Waals surface area contributed by atoms with Crippen LogP contribution in [0.5, 0.6) is 0 Å². The first-order chi connectivity index (χ1) is 8.91. The molecule has 0 radical (unpaired) electrons. The van der Waals surface area contributed by atoms with Gasteiger partial charge in [-0.2, -0.15) is 0 Å². The Hall–Kier alpha value is -1.09. The quantitative estimate of drug-likeness (QED) is 0.847. The lowest BCUT2D eigenvalue weighted by Crippen LogP contribution is -2.15. The van der Waals surface area contributed by atoms with E-state index >= 15 is 0 Å². The zero-order valence-corrected chi connectivity index (χ0v) is 12.2. The number of benzene rings is 2. The molecular weight excluding hydrogens is 284 g/mol. The van der Waals surface area contributed by atoms with Crippen LogP contribution in [0.1, 0.15) is 28.3 Å². The Labute approximate surface area is 122 Å². The lowest BCUT2D eigenvalue weighted by molar-refractivity contribution is 0.623. The summed E-state index contributed by atoms with van der Waals surface area (Å²) in [6.07, 6.45) is 0. The normalized spacial score (nSPS) is 12.5. The van der Waals surface area contributed by atoms with E-state index in [0.29, 0.717) is 10.0 Å². The molecular formula is C15H14Cl2FN. The van der Waals surface area contributed by atoms with E-state index in [0.717, 1.165) is 22.3 Å². The molecule has 2 aromatic rings. The molecule has 2 rings (SSSR count). The smallest absolute Gasteiger partial charge is 0.123 e. The lowest BCUT2D eigenvalue weighted by Gasteiger charge is -2.19. The van der Waals surface area contributed by atoms with Gasteiger partial charge in [0, 0.05) is 0 Å². The summed E-state index contributed by atoms with van der Waals surface area (Å²) in [6.45, 7) is 3.67. The Morgan fingerprint density at radius 1 is 1.11 bits per heavy atom. The molecule has 4 heteroatoms. The van der Waals surface area contributed by atoms with Gasteiger partial charge in [-0.3, -0.25) is 0 Å². The van der Waals surface area contributed by atoms with Crippen molar-refractivity contribution >= 4 is 23.2 Å². The van der Waals surface area contributed by atoms with Gasteiger partial charge in [-0.15, -0.1) is 0 Å². The molecule has 0 aliphatic heterocycles. The number of hydrogen-bond donors (Lipinski definition) is 1. The maximum absolute atomic E-state index is 13.3. The summed E-state index contributed by atoms with van der Waals surface area (Å²) in [6, 6.07) is 7.87. The molecule has 0 spiro atoms. The Balaban J connectivity index is 2.56. The second-order valence-electron chi connectivity index (χ2n) is 4.57. The van der Waals surface area contributed by atoms with E-state index in [9.17, 15) is 4.39 Å². The van der Waals surface area contributed by atoms with Crippen LogP contribution in [0, 0.1) is 19.7 Å². The summed E-state index contributed by atoms with van der Waals surface area (Å²) in [5.74, 6) is -0.261. The van der Waals surface area contributed by atoms with E-state index in [4.69, 9.17) is 28.9 Å². The third-order valence-electron chi connectivity index (χ3n) is 3.19. The number of nitrogens with two attached hydrogens (primary N) is 1. The van der Waals surface area contributed by atoms with E-state index in [1.165, 1.54) is 12.1 Å². The van der Waals surface area contributed by atoms with Crippen molar-refractivity contribution in [2.24, 2.45) is 5.73 Å². The van der Waals surface area contributed by atoms with Gasteiger partial charge < -0.3 is 5.73 Å². The fourth-order valence-electron chi connectivity index (χ4n) is 2.33. The first-order valence-corrected chi connectivity index (χ1v) is 6.63. The fourth-order valence-corrected chi connectivity index (χ4v) is 2.75. The highest BCUT2D eigenvalue weighted by atomic mass is 35.5. The largest absolute Gasteiger partial charge is 0.320 e. The molecule has 1 nitrogen and oxygen atoms in total. The summed E-state index contributed by atoms with van der Waals surface area (Å²) < 4.78 is 13.3. The third kappa shape index (κ3) is 2.76. The average Bonchev–Trinajstić information content (AvgIpc) is 2.31. The summed E-state index contributed by atoms with van der Waals surface area (Å²) in [5, 5.41) is 0.909. The highest BCUT2D eigenvalue weighted by Gasteiger charge is 2.18. The van der Waals surface area contributed by atoms with Gasteiger partial charge in [0.25, 0.3) is 0 Å². The number of hydrogen-bond acceptors (Lipinski definition) is 1. The van der Waals surface area contributed by atoms with Crippen LogP contribution >= 0.6 is 23.2 Å². The van der Waals surface area contributed by atoms with Gasteiger partial charge >= 0.3 is 0 Å². The van der Waals surface area contributed by atoms with Gasteiger partial charge in [0.15, 0.2) is 0 Å². The highest BCUT2D eigenvalue weighted by molar-refractivity contribution is 6.42. The van der Waals surface area contributed by atoms with Gasteiger partial charge in [0.1, 0.15) is 5.82 Å². The van der Waals surface area contributed by atoms with Crippen molar-refractivity contribution in [3.8, 4) is 0 Å². The van der Waals surface area contributed by atoms with E-state index in [1.807, 2.05) is 19.9 Å². The molecule has 19 heavy (non-hydrogen) atoms. The minimum Gasteiger partial charge on any atom is -0.320 e. The molecule has 0 aliphatic rings. The van der Waals surface area contributed by atoms with Crippen molar-refractivity contribution in [3.63, 3.8) is 0 Å². The molecule has 0 amide bonds. The number of aryl methyl sites for hydroxylation is 2. The monoisotopic (exact) mass is 297 g/mol. The summed E-state index contributed by atoms with van der Waals surface area (Å²) in [5.41, 5.74) is 9.51. The van der Waals surface area contributed by atoms with Gasteiger partial charge in [-0.05, 0) is 54.3 Å². The molecule has 0 heterocycles. The standard InChI is InChI=1S/C15H14Cl2FN/c1-8-6-10(18)7-9(2)13(8)15(19)11-4-3-5-12(16)14(11)17/h3-7,15H,19H2,1-2H3. The third-order valence-corrected chi connectivity index (χ3v) is 4.02. The van der Waals surface area contributed by atoms with Crippen LogP contribution in [0.4, 0.5) is 4.39 Å². The fraction of sp³-hybridized carbons (Fsp3) is 0.200. The Kier molecular flexibility index (Phi) is 4.14. The van der Waals surface area contributed by atoms with E-state index in [-0.39, 0.29) is 5.82 Å². The molecule has 0 aliphatic carbocycles. The molecule has 0 saturated carbocycles. The van der Waals surface area contributed by atoms with Crippen LogP contribution in [0.15, 0.2) is 30.3 Å². The van der Waals surface area contributed by atoms with Crippen LogP contribution < -0.4 is 5.73 Å². The van der Waals surface area contributed by atoms with Crippen LogP contribution in [-0.4, -0.2) is 0 Å². The van der Waals surface area contributed by atoms with Crippen molar-refractivity contribution < 1.29 is 4.39 Å². The topological polar surface area (TPSA) is 26.0 Å². The molecule has 1 atom stereocenters. The average molecular weight is 298 g/mol. The van der Waals surface area contributed by atoms with E-state index < -0.39 is 6.04 Å². The maximum atomic E-state index is 13.3. The first kappa shape index (κ1) is 14.3. The second-order valence-corrected chi connectivity index (χ2v) is 5.36. The van der Waals surface area contributed by atoms with Crippen molar-refractivity contribution in [2.45, 2.75) is 19.9 Å². The van der Waals surface area contributed by atoms with Crippen molar-refractivity contribution in [1.29, 1.82) is 0 Å². The van der Waals surface area contributed by atoms with Crippen molar-refractivity contribution in [1.82, 2.24) is 0 Å². The molecule has 2 N–H and O–H groups in total. The van der Waals surface area contributed by atoms with Gasteiger partial charge in [-0.1, -0.05) is 35.3 Å². The van der Waals surface area contributed by atoms with E-state index in [2.05, 4.69) is 0 Å². The predicted octanol–water partition coefficient (Wildman–Crippen LogP) is 4.80. The van der Waals surface area contributed by atoms with Gasteiger partial charge in [0.05, 0.1) is 16.1 Å². The molecule has 100 valence electrons. The highest BCUT2D eigenvalue weighted by Crippen LogP contribution is 2.34. The SMILES string of the molecule is Cc1cc(F)cc(C)c1C(N)c1cccc(Cl)c1Cl. The Bertz CT molecular complexity index is 603. The Morgan fingerprint density at radius 2 is 1.68 bits per heavy atom. The lowest BCUT2D eigenvalue weighted by atomic mass is 9.92. The summed E-state index contributed by atoms with van der Waals surface area (Å²) in [7, 11) is 0. The zero-order valence-electron chi connectivity index (χ0n) is 10.7. The molecule has 0 fully saturated rings. The van der Waals surface area contributed by atoms with Gasteiger partial charge in [0.2, 0.25) is 0 Å². The van der Waals surface area contributed by atoms with E-state index in [1.54, 1.807) is 12.1 Å². The second kappa shape index (κ2) is 5.49. The van der Waals surface area contributed by atoms with Crippen molar-refractivity contribution in [2.75, 3.05) is 0 Å². The first-order valence-electron chi connectivity index (χ1n) is 5.88. The van der Waals surface area contributed by atoms with Crippen LogP contribution in [0.2, 0.25) is 10.0 Å². The Morgan fingerprint density at radius 3 is 2.26 bits per heavy atom. The minimum atomic E-state index is -0.424. The predicted molar refractivity (Wildman–Crippen MR) is 78.4 cm³/mol. The summed E-state index contributed by atoms with van der Waals surface area (Å²) >= 11 is 12.2. The van der Waals surface area contributed by atoms with Crippen LogP contribution in [0.25, 0.3) is 0 Å². The van der Waals surface area contributed by atoms with Gasteiger partial charge in [-0.25, -0.2) is 4.39 Å². The molecule has 0 aromatic heterocycles. The van der Waals surface area contributed by atoms with Crippen LogP contribution in [-0.2, 0) is 0 Å². The zero-order chi connectivity index (χ0) is 14.2. The van der Waals surface area contributed by atoms with Crippen LogP contribution in [0.3, 0.4) is 0 Å². The molecule has 2 aromatic carbocycles. The number of halogens is 3. The minimum absolute atomic E-state index is 0.261. The molecule has 1 unspecified atom stereocenters. The molecule has 0 bridgehead atoms. The summed E-state index contributed by atoms with van der Waals surface area (Å²) in [4.78, 5) is 0. The number of rotatable bonds is 2. The maximum Gasteiger partial charge on any atom is 0.123 e.